The van der Waals surface area contributed by atoms with Crippen molar-refractivity contribution in [2.24, 2.45) is 17.8 Å². The number of thioether (sulfide) groups is 1. The van der Waals surface area contributed by atoms with Crippen LogP contribution in [0.15, 0.2) is 65.6 Å². The molecule has 4 nitrogen and oxygen atoms in total. The zero-order chi connectivity index (χ0) is 25.9. The highest BCUT2D eigenvalue weighted by molar-refractivity contribution is 8.18. The van der Waals surface area contributed by atoms with Gasteiger partial charge >= 0.3 is 0 Å². The zero-order valence-electron chi connectivity index (χ0n) is 21.8. The van der Waals surface area contributed by atoms with Gasteiger partial charge in [0.1, 0.15) is 5.75 Å². The zero-order valence-corrected chi connectivity index (χ0v) is 22.6. The molecule has 1 heterocycles. The van der Waals surface area contributed by atoms with E-state index in [2.05, 4.69) is 30.3 Å². The van der Waals surface area contributed by atoms with E-state index in [4.69, 9.17) is 4.74 Å². The number of amides is 2. The summed E-state index contributed by atoms with van der Waals surface area (Å²) in [6, 6.07) is 20.7. The summed E-state index contributed by atoms with van der Waals surface area (Å²) in [5, 5.41) is 1.96. The van der Waals surface area contributed by atoms with Gasteiger partial charge in [-0.05, 0) is 120 Å². The molecule has 0 radical (unpaired) electrons. The predicted octanol–water partition coefficient (Wildman–Crippen LogP) is 7.94. The molecule has 3 aromatic rings. The number of hydrogen-bond donors (Lipinski definition) is 0. The third-order valence-corrected chi connectivity index (χ3v) is 10.2. The fraction of sp³-hybridized carbons (Fsp3) is 0.394. The van der Waals surface area contributed by atoms with Gasteiger partial charge in [-0.2, -0.15) is 0 Å². The average molecular weight is 524 g/mol. The maximum Gasteiger partial charge on any atom is 0.293 e. The molecule has 2 amide bonds. The van der Waals surface area contributed by atoms with E-state index in [1.54, 1.807) is 0 Å². The molecule has 4 aliphatic carbocycles. The second-order valence-electron chi connectivity index (χ2n) is 11.8. The van der Waals surface area contributed by atoms with E-state index in [0.717, 1.165) is 57.2 Å². The fourth-order valence-electron chi connectivity index (χ4n) is 8.12. The fourth-order valence-corrected chi connectivity index (χ4v) is 8.95. The summed E-state index contributed by atoms with van der Waals surface area (Å²) in [5.41, 5.74) is 3.54. The molecule has 0 aromatic heterocycles. The summed E-state index contributed by atoms with van der Waals surface area (Å²) in [6.45, 7) is 2.81. The van der Waals surface area contributed by atoms with Gasteiger partial charge in [0.05, 0.1) is 18.1 Å². The van der Waals surface area contributed by atoms with E-state index in [-0.39, 0.29) is 23.1 Å². The molecular weight excluding hydrogens is 490 g/mol. The Morgan fingerprint density at radius 2 is 1.66 bits per heavy atom. The molecule has 3 aromatic carbocycles. The van der Waals surface area contributed by atoms with Crippen LogP contribution in [0.2, 0.25) is 0 Å². The van der Waals surface area contributed by atoms with Gasteiger partial charge in [-0.3, -0.25) is 14.5 Å². The second kappa shape index (κ2) is 9.30. The lowest BCUT2D eigenvalue weighted by Crippen LogP contribution is -2.48. The Hall–Kier alpha value is -3.05. The molecule has 5 aliphatic rings. The third-order valence-electron chi connectivity index (χ3n) is 9.33. The molecule has 8 rings (SSSR count). The van der Waals surface area contributed by atoms with Crippen LogP contribution in [-0.2, 0) is 16.8 Å². The van der Waals surface area contributed by atoms with E-state index >= 15 is 0 Å². The van der Waals surface area contributed by atoms with Crippen molar-refractivity contribution >= 4 is 39.8 Å². The Kier molecular flexibility index (Phi) is 5.88. The molecule has 1 aliphatic heterocycles. The Balaban J connectivity index is 1.21. The average Bonchev–Trinajstić information content (AvgIpc) is 3.16. The summed E-state index contributed by atoms with van der Waals surface area (Å²) in [6.07, 6.45) is 9.98. The van der Waals surface area contributed by atoms with Crippen LogP contribution >= 0.6 is 11.8 Å². The maximum atomic E-state index is 13.5. The maximum absolute atomic E-state index is 13.5. The SMILES string of the molecule is CCOc1ccc(C23CC4CC(CC(C4)C2)C3)cc1/C=C1\SC(=O)N(Cc2cccc3ccccc23)C1=O. The number of rotatable bonds is 6. The third kappa shape index (κ3) is 4.07. The summed E-state index contributed by atoms with van der Waals surface area (Å²) in [5.74, 6) is 3.14. The highest BCUT2D eigenvalue weighted by Gasteiger charge is 2.51. The Labute approximate surface area is 228 Å². The van der Waals surface area contributed by atoms with E-state index in [1.807, 2.05) is 43.3 Å². The van der Waals surface area contributed by atoms with Crippen LogP contribution in [0.3, 0.4) is 0 Å². The van der Waals surface area contributed by atoms with Crippen molar-refractivity contribution in [2.45, 2.75) is 57.4 Å². The molecule has 194 valence electrons. The largest absolute Gasteiger partial charge is 0.493 e. The van der Waals surface area contributed by atoms with Gasteiger partial charge in [0.25, 0.3) is 11.1 Å². The first kappa shape index (κ1) is 24.0. The van der Waals surface area contributed by atoms with Gasteiger partial charge in [-0.25, -0.2) is 0 Å². The van der Waals surface area contributed by atoms with Gasteiger partial charge in [-0.15, -0.1) is 0 Å². The van der Waals surface area contributed by atoms with Crippen LogP contribution in [0, 0.1) is 17.8 Å². The van der Waals surface area contributed by atoms with Gasteiger partial charge in [0, 0.05) is 5.56 Å². The quantitative estimate of drug-likeness (QED) is 0.308. The van der Waals surface area contributed by atoms with Gasteiger partial charge in [0.2, 0.25) is 0 Å². The molecule has 0 N–H and O–H groups in total. The van der Waals surface area contributed by atoms with E-state index < -0.39 is 0 Å². The predicted molar refractivity (Wildman–Crippen MR) is 153 cm³/mol. The van der Waals surface area contributed by atoms with E-state index in [1.165, 1.54) is 49.0 Å². The summed E-state index contributed by atoms with van der Waals surface area (Å²) in [4.78, 5) is 28.4. The van der Waals surface area contributed by atoms with Crippen LogP contribution in [0.4, 0.5) is 4.79 Å². The number of benzene rings is 3. The smallest absolute Gasteiger partial charge is 0.293 e. The lowest BCUT2D eigenvalue weighted by Gasteiger charge is -2.57. The van der Waals surface area contributed by atoms with Crippen molar-refractivity contribution in [3.8, 4) is 5.75 Å². The van der Waals surface area contributed by atoms with Crippen LogP contribution in [0.1, 0.15) is 62.1 Å². The number of carbonyl (C=O) groups is 2. The first-order valence-corrected chi connectivity index (χ1v) is 14.8. The molecule has 0 atom stereocenters. The van der Waals surface area contributed by atoms with E-state index in [9.17, 15) is 9.59 Å². The monoisotopic (exact) mass is 523 g/mol. The highest BCUT2D eigenvalue weighted by atomic mass is 32.2. The Morgan fingerprint density at radius 1 is 0.947 bits per heavy atom. The minimum atomic E-state index is -0.226. The lowest BCUT2D eigenvalue weighted by atomic mass is 9.48. The van der Waals surface area contributed by atoms with Crippen LogP contribution in [0.25, 0.3) is 16.8 Å². The van der Waals surface area contributed by atoms with Crippen molar-refractivity contribution in [2.75, 3.05) is 6.61 Å². The number of fused-ring (bicyclic) bond motifs is 1. The first-order valence-electron chi connectivity index (χ1n) is 14.0. The number of imide groups is 1. The number of nitrogens with zero attached hydrogens (tertiary/aromatic N) is 1. The molecular formula is C33H33NO3S. The van der Waals surface area contributed by atoms with Crippen molar-refractivity contribution in [3.63, 3.8) is 0 Å². The number of carbonyl (C=O) groups excluding carboxylic acids is 2. The van der Waals surface area contributed by atoms with Crippen molar-refractivity contribution in [1.29, 1.82) is 0 Å². The lowest BCUT2D eigenvalue weighted by molar-refractivity contribution is -0.123. The van der Waals surface area contributed by atoms with Gasteiger partial charge in [-0.1, -0.05) is 48.5 Å². The molecule has 5 heteroatoms. The standard InChI is InChI=1S/C33H33NO3S/c1-2-37-29-11-10-27(33-17-21-12-22(18-33)14-23(13-21)19-33)15-26(29)16-30-31(35)34(32(36)38-30)20-25-8-5-7-24-6-3-4-9-28(24)25/h3-11,15-16,21-23H,2,12-14,17-20H2,1H3/b30-16-. The minimum absolute atomic E-state index is 0.218. The van der Waals surface area contributed by atoms with E-state index in [0.29, 0.717) is 11.5 Å². The summed E-state index contributed by atoms with van der Waals surface area (Å²) < 4.78 is 5.99. The topological polar surface area (TPSA) is 46.6 Å². The van der Waals surface area contributed by atoms with Crippen LogP contribution in [-0.4, -0.2) is 22.7 Å². The molecule has 0 spiro atoms. The van der Waals surface area contributed by atoms with Crippen molar-refractivity contribution in [1.82, 2.24) is 4.90 Å². The highest BCUT2D eigenvalue weighted by Crippen LogP contribution is 2.61. The molecule has 4 bridgehead atoms. The molecule has 1 saturated heterocycles. The second-order valence-corrected chi connectivity index (χ2v) is 12.8. The molecule has 4 saturated carbocycles. The summed E-state index contributed by atoms with van der Waals surface area (Å²) in [7, 11) is 0. The van der Waals surface area contributed by atoms with Gasteiger partial charge in [0.15, 0.2) is 0 Å². The van der Waals surface area contributed by atoms with Crippen molar-refractivity contribution < 1.29 is 14.3 Å². The molecule has 5 fully saturated rings. The Bertz CT molecular complexity index is 1430. The molecule has 0 unspecified atom stereocenters. The first-order chi connectivity index (χ1) is 18.5. The normalized spacial score (nSPS) is 29.1. The number of ether oxygens (including phenoxy) is 1. The van der Waals surface area contributed by atoms with Crippen LogP contribution in [0.5, 0.6) is 5.75 Å². The minimum Gasteiger partial charge on any atom is -0.493 e. The van der Waals surface area contributed by atoms with Crippen molar-refractivity contribution in [3.05, 3.63) is 82.3 Å². The van der Waals surface area contributed by atoms with Gasteiger partial charge < -0.3 is 4.74 Å². The summed E-state index contributed by atoms with van der Waals surface area (Å²) >= 11 is 1.04. The number of hydrogen-bond acceptors (Lipinski definition) is 4. The Morgan fingerprint density at radius 3 is 2.39 bits per heavy atom. The molecule has 38 heavy (non-hydrogen) atoms. The van der Waals surface area contributed by atoms with Crippen LogP contribution < -0.4 is 4.74 Å².